The molecule has 2 rings (SSSR count). The summed E-state index contributed by atoms with van der Waals surface area (Å²) in [6.45, 7) is 14.0. The van der Waals surface area contributed by atoms with E-state index in [4.69, 9.17) is 10.5 Å². The van der Waals surface area contributed by atoms with E-state index in [-0.39, 0.29) is 11.8 Å². The van der Waals surface area contributed by atoms with Crippen molar-refractivity contribution in [2.75, 3.05) is 6.61 Å². The second kappa shape index (κ2) is 7.83. The minimum absolute atomic E-state index is 0.0831. The second-order valence-corrected chi connectivity index (χ2v) is 13.6. The van der Waals surface area contributed by atoms with Crippen molar-refractivity contribution in [1.82, 2.24) is 0 Å². The van der Waals surface area contributed by atoms with E-state index in [0.717, 1.165) is 0 Å². The van der Waals surface area contributed by atoms with Crippen molar-refractivity contribution in [2.45, 2.75) is 70.1 Å². The second-order valence-electron chi connectivity index (χ2n) is 8.04. The number of nitrogens with zero attached hydrogens (tertiary/aromatic N) is 1. The number of hydrogen-bond donors (Lipinski definition) is 1. The Balaban J connectivity index is 2.69. The maximum absolute atomic E-state index is 14.6. The first-order valence-electron chi connectivity index (χ1n) is 9.43. The molecule has 0 spiro atoms. The molecular weight excluding hydrogens is 343 g/mol. The number of ether oxygens (including phenoxy) is 1. The lowest BCUT2D eigenvalue weighted by atomic mass is 9.87. The zero-order valence-electron chi connectivity index (χ0n) is 16.8. The van der Waals surface area contributed by atoms with Crippen LogP contribution < -0.4 is 5.73 Å². The van der Waals surface area contributed by atoms with Gasteiger partial charge in [-0.2, -0.15) is 0 Å². The molecule has 3 nitrogen and oxygen atoms in total. The third kappa shape index (κ3) is 3.66. The molecule has 0 amide bonds. The lowest BCUT2D eigenvalue weighted by Crippen LogP contribution is -2.44. The fourth-order valence-electron chi connectivity index (χ4n) is 4.37. The molecule has 1 heterocycles. The Morgan fingerprint density at radius 3 is 2.19 bits per heavy atom. The number of amidine groups is 1. The number of rotatable bonds is 4. The summed E-state index contributed by atoms with van der Waals surface area (Å²) >= 11 is 0. The fourth-order valence-corrected chi connectivity index (χ4v) is 9.66. The number of halogens is 1. The molecule has 5 heteroatoms. The highest BCUT2D eigenvalue weighted by atomic mass is 28.3. The van der Waals surface area contributed by atoms with Crippen LogP contribution in [0.2, 0.25) is 16.6 Å². The maximum Gasteiger partial charge on any atom is 0.283 e. The van der Waals surface area contributed by atoms with Crippen LogP contribution >= 0.6 is 0 Å². The van der Waals surface area contributed by atoms with Gasteiger partial charge in [-0.3, -0.25) is 0 Å². The summed E-state index contributed by atoms with van der Waals surface area (Å²) in [6.07, 6.45) is 0.500. The molecule has 0 aliphatic carbocycles. The molecule has 1 aliphatic heterocycles. The normalized spacial score (nSPS) is 20.6. The summed E-state index contributed by atoms with van der Waals surface area (Å²) in [5.41, 5.74) is 10.6. The number of aliphatic imine (C=N–C) groups is 1. The van der Waals surface area contributed by atoms with E-state index < -0.39 is 13.6 Å². The van der Waals surface area contributed by atoms with Crippen molar-refractivity contribution >= 4 is 14.1 Å². The monoisotopic (exact) mass is 374 g/mol. The molecule has 0 radical (unpaired) electrons. The van der Waals surface area contributed by atoms with Crippen LogP contribution in [0, 0.1) is 17.3 Å². The zero-order chi connectivity index (χ0) is 19.5. The number of hydrogen-bond acceptors (Lipinski definition) is 3. The average molecular weight is 375 g/mol. The van der Waals surface area contributed by atoms with E-state index >= 15 is 0 Å². The van der Waals surface area contributed by atoms with Gasteiger partial charge in [0.2, 0.25) is 0 Å². The Labute approximate surface area is 158 Å². The Kier molecular flexibility index (Phi) is 6.18. The molecule has 0 bridgehead atoms. The fraction of sp³-hybridized carbons (Fsp3) is 0.571. The van der Waals surface area contributed by atoms with E-state index in [1.807, 2.05) is 6.07 Å². The van der Waals surface area contributed by atoms with Crippen LogP contribution in [0.3, 0.4) is 0 Å². The molecule has 1 atom stereocenters. The Bertz CT molecular complexity index is 711. The minimum Gasteiger partial charge on any atom is -0.465 e. The van der Waals surface area contributed by atoms with Crippen molar-refractivity contribution in [3.8, 4) is 11.5 Å². The van der Waals surface area contributed by atoms with Gasteiger partial charge >= 0.3 is 0 Å². The number of benzene rings is 1. The summed E-state index contributed by atoms with van der Waals surface area (Å²) in [4.78, 5) is 4.51. The van der Waals surface area contributed by atoms with Crippen LogP contribution in [0.1, 0.15) is 53.5 Å². The van der Waals surface area contributed by atoms with Crippen LogP contribution in [-0.2, 0) is 10.3 Å². The molecule has 0 saturated heterocycles. The van der Waals surface area contributed by atoms with Crippen LogP contribution in [-0.4, -0.2) is 20.7 Å². The summed E-state index contributed by atoms with van der Waals surface area (Å²) in [5, 5.41) is 0. The molecule has 0 fully saturated rings. The van der Waals surface area contributed by atoms with Gasteiger partial charge < -0.3 is 10.5 Å². The summed E-state index contributed by atoms with van der Waals surface area (Å²) in [7, 11) is -1.97. The lowest BCUT2D eigenvalue weighted by Gasteiger charge is -2.39. The third-order valence-corrected chi connectivity index (χ3v) is 12.0. The van der Waals surface area contributed by atoms with Gasteiger partial charge in [0.25, 0.3) is 6.02 Å². The average Bonchev–Trinajstić information content (AvgIpc) is 2.54. The molecule has 0 unspecified atom stereocenters. The largest absolute Gasteiger partial charge is 0.465 e. The molecule has 0 aromatic heterocycles. The molecular formula is C21H31FN2OSi. The van der Waals surface area contributed by atoms with E-state index in [1.54, 1.807) is 12.1 Å². The first kappa shape index (κ1) is 20.5. The predicted octanol–water partition coefficient (Wildman–Crippen LogP) is 4.98. The van der Waals surface area contributed by atoms with Crippen LogP contribution in [0.4, 0.5) is 4.39 Å². The Morgan fingerprint density at radius 2 is 1.69 bits per heavy atom. The van der Waals surface area contributed by atoms with Gasteiger partial charge in [0, 0.05) is 12.0 Å². The maximum atomic E-state index is 14.6. The lowest BCUT2D eigenvalue weighted by molar-refractivity contribution is 0.233. The molecule has 1 aromatic rings. The predicted molar refractivity (Wildman–Crippen MR) is 109 cm³/mol. The highest BCUT2D eigenvalue weighted by molar-refractivity contribution is 6.90. The minimum atomic E-state index is -1.97. The van der Waals surface area contributed by atoms with E-state index in [1.165, 1.54) is 6.07 Å². The van der Waals surface area contributed by atoms with E-state index in [0.29, 0.717) is 35.2 Å². The molecule has 2 N–H and O–H groups in total. The standard InChI is InChI=1S/C21H31FN2OSi/c1-15(2)26(16(3)4,17(5)6)14-12-21(11-13-25-20(23)24-21)18-9-7-8-10-19(18)22/h7-10,15-17H,11,13H2,1-6H3,(H2,23,24)/t21-/m1/s1. The molecule has 1 aliphatic rings. The van der Waals surface area contributed by atoms with Gasteiger partial charge in [0.1, 0.15) is 13.9 Å². The van der Waals surface area contributed by atoms with Crippen molar-refractivity contribution in [3.05, 3.63) is 35.6 Å². The van der Waals surface area contributed by atoms with Gasteiger partial charge in [-0.15, -0.1) is 5.54 Å². The van der Waals surface area contributed by atoms with Crippen LogP contribution in [0.5, 0.6) is 0 Å². The SMILES string of the molecule is CC(C)[Si](C#C[C@@]1(c2ccccc2F)CCOC(N)=N1)(C(C)C)C(C)C. The highest BCUT2D eigenvalue weighted by Crippen LogP contribution is 2.42. The Morgan fingerprint density at radius 1 is 1.12 bits per heavy atom. The molecule has 142 valence electrons. The van der Waals surface area contributed by atoms with Crippen molar-refractivity contribution in [1.29, 1.82) is 0 Å². The topological polar surface area (TPSA) is 47.6 Å². The molecule has 1 aromatic carbocycles. The van der Waals surface area contributed by atoms with Gasteiger partial charge in [0.05, 0.1) is 6.61 Å². The summed E-state index contributed by atoms with van der Waals surface area (Å²) in [5.74, 6) is 3.13. The first-order valence-corrected chi connectivity index (χ1v) is 11.7. The van der Waals surface area contributed by atoms with Gasteiger partial charge in [-0.1, -0.05) is 65.7 Å². The molecule has 26 heavy (non-hydrogen) atoms. The quantitative estimate of drug-likeness (QED) is 0.597. The van der Waals surface area contributed by atoms with Gasteiger partial charge in [0.15, 0.2) is 5.54 Å². The smallest absolute Gasteiger partial charge is 0.283 e. The Hall–Kier alpha value is -1.80. The van der Waals surface area contributed by atoms with Crippen molar-refractivity contribution < 1.29 is 9.13 Å². The summed E-state index contributed by atoms with van der Waals surface area (Å²) in [6, 6.07) is 6.80. The van der Waals surface area contributed by atoms with E-state index in [9.17, 15) is 4.39 Å². The molecule has 0 saturated carbocycles. The first-order chi connectivity index (χ1) is 12.2. The third-order valence-electron chi connectivity index (χ3n) is 5.69. The summed E-state index contributed by atoms with van der Waals surface area (Å²) < 4.78 is 20.0. The zero-order valence-corrected chi connectivity index (χ0v) is 17.8. The van der Waals surface area contributed by atoms with Gasteiger partial charge in [-0.25, -0.2) is 9.38 Å². The van der Waals surface area contributed by atoms with E-state index in [2.05, 4.69) is 58.0 Å². The van der Waals surface area contributed by atoms with Crippen LogP contribution in [0.15, 0.2) is 29.3 Å². The van der Waals surface area contributed by atoms with Crippen molar-refractivity contribution in [3.63, 3.8) is 0 Å². The van der Waals surface area contributed by atoms with Crippen LogP contribution in [0.25, 0.3) is 0 Å². The number of nitrogens with two attached hydrogens (primary N) is 1. The van der Waals surface area contributed by atoms with Gasteiger partial charge in [-0.05, 0) is 22.7 Å². The highest BCUT2D eigenvalue weighted by Gasteiger charge is 2.43. The van der Waals surface area contributed by atoms with Crippen molar-refractivity contribution in [2.24, 2.45) is 10.7 Å².